The zero-order valence-corrected chi connectivity index (χ0v) is 16.9. The number of nitrogens with zero attached hydrogens (tertiary/aromatic N) is 2. The Bertz CT molecular complexity index is 462. The van der Waals surface area contributed by atoms with Crippen molar-refractivity contribution in [3.63, 3.8) is 0 Å². The minimum atomic E-state index is -0.136. The van der Waals surface area contributed by atoms with E-state index in [4.69, 9.17) is 4.99 Å². The van der Waals surface area contributed by atoms with E-state index in [1.54, 1.807) is 0 Å². The molecule has 0 aromatic carbocycles. The number of aliphatic imine (C=N–C) groups is 1. The molecule has 1 unspecified atom stereocenters. The first-order chi connectivity index (χ1) is 12.6. The van der Waals surface area contributed by atoms with E-state index in [1.165, 1.54) is 12.8 Å². The second-order valence-electron chi connectivity index (χ2n) is 7.96. The summed E-state index contributed by atoms with van der Waals surface area (Å²) in [7, 11) is 0. The molecule has 150 valence electrons. The van der Waals surface area contributed by atoms with Gasteiger partial charge in [0.2, 0.25) is 5.91 Å². The van der Waals surface area contributed by atoms with Gasteiger partial charge in [-0.2, -0.15) is 0 Å². The van der Waals surface area contributed by atoms with E-state index in [-0.39, 0.29) is 24.0 Å². The maximum absolute atomic E-state index is 12.6. The number of aliphatic hydroxyl groups excluding tert-OH is 1. The van der Waals surface area contributed by atoms with Crippen molar-refractivity contribution in [2.24, 2.45) is 16.3 Å². The lowest BCUT2D eigenvalue weighted by Gasteiger charge is -2.28. The fraction of sp³-hybridized carbons (Fsp3) is 0.900. The molecule has 26 heavy (non-hydrogen) atoms. The number of hydrogen-bond acceptors (Lipinski definition) is 3. The van der Waals surface area contributed by atoms with Crippen LogP contribution in [0.5, 0.6) is 0 Å². The molecule has 6 nitrogen and oxygen atoms in total. The van der Waals surface area contributed by atoms with Crippen LogP contribution in [0, 0.1) is 11.3 Å². The Morgan fingerprint density at radius 3 is 2.46 bits per heavy atom. The fourth-order valence-electron chi connectivity index (χ4n) is 4.02. The average molecular weight is 367 g/mol. The van der Waals surface area contributed by atoms with Crippen molar-refractivity contribution in [1.29, 1.82) is 0 Å². The molecule has 1 saturated carbocycles. The summed E-state index contributed by atoms with van der Waals surface area (Å²) >= 11 is 0. The van der Waals surface area contributed by atoms with Crippen LogP contribution in [-0.4, -0.2) is 60.7 Å². The van der Waals surface area contributed by atoms with Crippen molar-refractivity contribution < 1.29 is 9.90 Å². The van der Waals surface area contributed by atoms with Crippen molar-refractivity contribution in [1.82, 2.24) is 15.5 Å². The van der Waals surface area contributed by atoms with Crippen molar-refractivity contribution in [2.75, 3.05) is 32.8 Å². The highest BCUT2D eigenvalue weighted by molar-refractivity contribution is 5.81. The number of guanidine groups is 1. The van der Waals surface area contributed by atoms with Crippen LogP contribution in [0.1, 0.15) is 65.7 Å². The molecule has 2 fully saturated rings. The number of likely N-dealkylation sites (tertiary alicyclic amines) is 1. The molecule has 1 saturated heterocycles. The number of carbonyl (C=O) groups excluding carboxylic acids is 1. The zero-order chi connectivity index (χ0) is 19.0. The van der Waals surface area contributed by atoms with Gasteiger partial charge < -0.3 is 20.6 Å². The van der Waals surface area contributed by atoms with E-state index in [9.17, 15) is 9.90 Å². The highest BCUT2D eigenvalue weighted by Crippen LogP contribution is 2.28. The molecule has 6 heteroatoms. The summed E-state index contributed by atoms with van der Waals surface area (Å²) in [6.45, 7) is 9.47. The number of carbonyl (C=O) groups is 1. The first-order valence-corrected chi connectivity index (χ1v) is 10.5. The minimum absolute atomic E-state index is 0.136. The van der Waals surface area contributed by atoms with Crippen molar-refractivity contribution >= 4 is 11.9 Å². The topological polar surface area (TPSA) is 77.0 Å². The first-order valence-electron chi connectivity index (χ1n) is 10.5. The van der Waals surface area contributed by atoms with Gasteiger partial charge in [-0.15, -0.1) is 0 Å². The van der Waals surface area contributed by atoms with Gasteiger partial charge in [0, 0.05) is 37.0 Å². The molecule has 0 spiro atoms. The predicted octanol–water partition coefficient (Wildman–Crippen LogP) is 2.13. The Morgan fingerprint density at radius 2 is 1.88 bits per heavy atom. The van der Waals surface area contributed by atoms with Gasteiger partial charge >= 0.3 is 0 Å². The summed E-state index contributed by atoms with van der Waals surface area (Å²) in [6, 6.07) is 0.255. The third kappa shape index (κ3) is 5.35. The first kappa shape index (κ1) is 21.0. The van der Waals surface area contributed by atoms with E-state index < -0.39 is 0 Å². The minimum Gasteiger partial charge on any atom is -0.396 e. The largest absolute Gasteiger partial charge is 0.396 e. The number of amides is 1. The maximum atomic E-state index is 12.6. The van der Waals surface area contributed by atoms with E-state index in [0.29, 0.717) is 12.5 Å². The van der Waals surface area contributed by atoms with Gasteiger partial charge in [0.05, 0.1) is 13.2 Å². The molecule has 0 radical (unpaired) electrons. The van der Waals surface area contributed by atoms with Gasteiger partial charge in [-0.3, -0.25) is 9.79 Å². The molecule has 0 bridgehead atoms. The molecule has 1 heterocycles. The Morgan fingerprint density at radius 1 is 1.19 bits per heavy atom. The van der Waals surface area contributed by atoms with Crippen LogP contribution in [0.4, 0.5) is 0 Å². The number of aliphatic hydroxyl groups is 1. The van der Waals surface area contributed by atoms with Crippen molar-refractivity contribution in [3.05, 3.63) is 0 Å². The normalized spacial score (nSPS) is 22.1. The van der Waals surface area contributed by atoms with E-state index in [1.807, 2.05) is 4.90 Å². The maximum Gasteiger partial charge on any atom is 0.225 e. The Balaban J connectivity index is 1.91. The fourth-order valence-corrected chi connectivity index (χ4v) is 4.02. The van der Waals surface area contributed by atoms with Crippen LogP contribution in [0.2, 0.25) is 0 Å². The molecule has 3 N–H and O–H groups in total. The van der Waals surface area contributed by atoms with Gasteiger partial charge in [0.25, 0.3) is 0 Å². The summed E-state index contributed by atoms with van der Waals surface area (Å²) in [4.78, 5) is 19.4. The Labute approximate surface area is 158 Å². The van der Waals surface area contributed by atoms with Crippen molar-refractivity contribution in [3.8, 4) is 0 Å². The van der Waals surface area contributed by atoms with E-state index >= 15 is 0 Å². The summed E-state index contributed by atoms with van der Waals surface area (Å²) in [5, 5.41) is 16.6. The summed E-state index contributed by atoms with van der Waals surface area (Å²) in [6.07, 6.45) is 7.32. The summed E-state index contributed by atoms with van der Waals surface area (Å²) in [5.41, 5.74) is -0.136. The monoisotopic (exact) mass is 366 g/mol. The van der Waals surface area contributed by atoms with E-state index in [2.05, 4.69) is 31.4 Å². The summed E-state index contributed by atoms with van der Waals surface area (Å²) < 4.78 is 0. The molecule has 0 aromatic heterocycles. The molecule has 2 aliphatic rings. The van der Waals surface area contributed by atoms with E-state index in [0.717, 1.165) is 57.7 Å². The smallest absolute Gasteiger partial charge is 0.225 e. The second kappa shape index (κ2) is 10.1. The van der Waals surface area contributed by atoms with Crippen LogP contribution in [0.3, 0.4) is 0 Å². The molecule has 1 aliphatic carbocycles. The van der Waals surface area contributed by atoms with Crippen LogP contribution in [0.15, 0.2) is 4.99 Å². The molecular weight excluding hydrogens is 328 g/mol. The van der Waals surface area contributed by atoms with Gasteiger partial charge in [-0.25, -0.2) is 0 Å². The van der Waals surface area contributed by atoms with Crippen LogP contribution in [0.25, 0.3) is 0 Å². The SMILES string of the molecule is CCNC(=NCC(CC)(CC)CO)NC1CCN(C(=O)C2CCCC2)C1. The molecule has 0 aromatic rings. The molecule has 1 aliphatic heterocycles. The number of nitrogens with one attached hydrogen (secondary N) is 2. The van der Waals surface area contributed by atoms with Crippen molar-refractivity contribution in [2.45, 2.75) is 71.8 Å². The summed E-state index contributed by atoms with van der Waals surface area (Å²) in [5.74, 6) is 1.41. The second-order valence-corrected chi connectivity index (χ2v) is 7.96. The standard InChI is InChI=1S/C20H38N4O2/c1-4-20(5-2,15-25)14-22-19(21-6-3)23-17-11-12-24(13-17)18(26)16-9-7-8-10-16/h16-17,25H,4-15H2,1-3H3,(H2,21,22,23). The molecule has 2 rings (SSSR count). The van der Waals surface area contributed by atoms with Gasteiger partial charge in [-0.05, 0) is 39.0 Å². The molecule has 1 atom stereocenters. The lowest BCUT2D eigenvalue weighted by molar-refractivity contribution is -0.134. The van der Waals surface area contributed by atoms with Crippen LogP contribution < -0.4 is 10.6 Å². The van der Waals surface area contributed by atoms with Gasteiger partial charge in [0.15, 0.2) is 5.96 Å². The lowest BCUT2D eigenvalue weighted by Crippen LogP contribution is -2.46. The third-order valence-electron chi connectivity index (χ3n) is 6.30. The van der Waals surface area contributed by atoms with Crippen LogP contribution >= 0.6 is 0 Å². The highest BCUT2D eigenvalue weighted by Gasteiger charge is 2.32. The zero-order valence-electron chi connectivity index (χ0n) is 16.9. The van der Waals surface area contributed by atoms with Crippen LogP contribution in [-0.2, 0) is 4.79 Å². The predicted molar refractivity (Wildman–Crippen MR) is 106 cm³/mol. The van der Waals surface area contributed by atoms with Gasteiger partial charge in [-0.1, -0.05) is 26.7 Å². The highest BCUT2D eigenvalue weighted by atomic mass is 16.3. The Kier molecular flexibility index (Phi) is 8.19. The third-order valence-corrected chi connectivity index (χ3v) is 6.30. The molecule has 1 amide bonds. The lowest BCUT2D eigenvalue weighted by atomic mass is 9.83. The number of rotatable bonds is 8. The quantitative estimate of drug-likeness (QED) is 0.454. The molecular formula is C20H38N4O2. The Hall–Kier alpha value is -1.30. The average Bonchev–Trinajstić information content (AvgIpc) is 3.35. The van der Waals surface area contributed by atoms with Gasteiger partial charge in [0.1, 0.15) is 0 Å². The number of hydrogen-bond donors (Lipinski definition) is 3.